The maximum atomic E-state index is 10.8. The Labute approximate surface area is 92.2 Å². The van der Waals surface area contributed by atoms with E-state index in [1.54, 1.807) is 6.08 Å². The number of rotatable bonds is 9. The summed E-state index contributed by atoms with van der Waals surface area (Å²) in [5.74, 6) is 0.0605. The lowest BCUT2D eigenvalue weighted by atomic mass is 10.3. The molecule has 15 heavy (non-hydrogen) atoms. The van der Waals surface area contributed by atoms with Gasteiger partial charge in [-0.3, -0.25) is 0 Å². The predicted octanol–water partition coefficient (Wildman–Crippen LogP) is 1.03. The topological polar surface area (TPSA) is 52.6 Å². The van der Waals surface area contributed by atoms with Gasteiger partial charge in [-0.2, -0.15) is 0 Å². The van der Waals surface area contributed by atoms with Crippen molar-refractivity contribution < 1.29 is 17.9 Å². The Bertz CT molecular complexity index is 259. The Morgan fingerprint density at radius 1 is 1.47 bits per heavy atom. The number of hydrogen-bond donors (Lipinski definition) is 0. The summed E-state index contributed by atoms with van der Waals surface area (Å²) in [5, 5.41) is 0. The molecule has 0 spiro atoms. The third kappa shape index (κ3) is 9.90. The molecule has 5 heteroatoms. The van der Waals surface area contributed by atoms with Crippen molar-refractivity contribution in [3.8, 4) is 0 Å². The fourth-order valence-corrected chi connectivity index (χ4v) is 1.33. The summed E-state index contributed by atoms with van der Waals surface area (Å²) in [6.45, 7) is 6.71. The zero-order valence-corrected chi connectivity index (χ0v) is 10.3. The van der Waals surface area contributed by atoms with Crippen LogP contribution in [0.3, 0.4) is 0 Å². The van der Waals surface area contributed by atoms with Crippen LogP contribution in [0, 0.1) is 0 Å². The first-order chi connectivity index (χ1) is 6.99. The molecule has 0 aromatic rings. The van der Waals surface area contributed by atoms with Crippen LogP contribution in [0.4, 0.5) is 0 Å². The molecule has 4 nitrogen and oxygen atoms in total. The van der Waals surface area contributed by atoms with Crippen LogP contribution in [-0.4, -0.2) is 46.4 Å². The first kappa shape index (κ1) is 14.6. The van der Waals surface area contributed by atoms with E-state index in [9.17, 15) is 8.42 Å². The highest BCUT2D eigenvalue weighted by molar-refractivity contribution is 7.90. The van der Waals surface area contributed by atoms with E-state index in [1.807, 2.05) is 6.92 Å². The number of hydrogen-bond acceptors (Lipinski definition) is 4. The average Bonchev–Trinajstić information content (AvgIpc) is 2.14. The second-order valence-corrected chi connectivity index (χ2v) is 5.62. The van der Waals surface area contributed by atoms with Gasteiger partial charge in [0.25, 0.3) is 0 Å². The van der Waals surface area contributed by atoms with Crippen molar-refractivity contribution in [2.24, 2.45) is 0 Å². The SMILES string of the molecule is C=CCOCC(CC)OCCS(C)(=O)=O. The van der Waals surface area contributed by atoms with E-state index < -0.39 is 9.84 Å². The maximum Gasteiger partial charge on any atom is 0.149 e. The molecule has 0 aliphatic rings. The molecule has 0 saturated carbocycles. The van der Waals surface area contributed by atoms with E-state index in [2.05, 4.69) is 6.58 Å². The molecule has 0 rings (SSSR count). The fourth-order valence-electron chi connectivity index (χ4n) is 0.933. The molecule has 0 bridgehead atoms. The quantitative estimate of drug-likeness (QED) is 0.443. The molecule has 0 aromatic carbocycles. The first-order valence-electron chi connectivity index (χ1n) is 4.97. The Morgan fingerprint density at radius 3 is 2.60 bits per heavy atom. The highest BCUT2D eigenvalue weighted by Crippen LogP contribution is 1.99. The van der Waals surface area contributed by atoms with Crippen LogP contribution < -0.4 is 0 Å². The summed E-state index contributed by atoms with van der Waals surface area (Å²) in [7, 11) is -2.94. The summed E-state index contributed by atoms with van der Waals surface area (Å²) >= 11 is 0. The van der Waals surface area contributed by atoms with Gasteiger partial charge in [0.2, 0.25) is 0 Å². The van der Waals surface area contributed by atoms with Crippen molar-refractivity contribution in [2.45, 2.75) is 19.4 Å². The summed E-state index contributed by atoms with van der Waals surface area (Å²) < 4.78 is 32.3. The summed E-state index contributed by atoms with van der Waals surface area (Å²) in [5.41, 5.74) is 0. The van der Waals surface area contributed by atoms with Crippen molar-refractivity contribution in [3.05, 3.63) is 12.7 Å². The summed E-state index contributed by atoms with van der Waals surface area (Å²) in [6.07, 6.45) is 3.64. The van der Waals surface area contributed by atoms with Gasteiger partial charge in [0, 0.05) is 6.26 Å². The minimum Gasteiger partial charge on any atom is -0.375 e. The molecule has 0 aliphatic heterocycles. The Hall–Kier alpha value is -0.390. The van der Waals surface area contributed by atoms with Crippen molar-refractivity contribution in [2.75, 3.05) is 31.8 Å². The van der Waals surface area contributed by atoms with Crippen LogP contribution >= 0.6 is 0 Å². The largest absolute Gasteiger partial charge is 0.375 e. The minimum atomic E-state index is -2.94. The second kappa shape index (κ2) is 7.84. The van der Waals surface area contributed by atoms with Crippen molar-refractivity contribution in [1.82, 2.24) is 0 Å². The van der Waals surface area contributed by atoms with Gasteiger partial charge in [0.05, 0.1) is 31.7 Å². The van der Waals surface area contributed by atoms with Crippen LogP contribution in [0.5, 0.6) is 0 Å². The van der Waals surface area contributed by atoms with Crippen LogP contribution in [0.1, 0.15) is 13.3 Å². The van der Waals surface area contributed by atoms with Gasteiger partial charge >= 0.3 is 0 Å². The smallest absolute Gasteiger partial charge is 0.149 e. The molecule has 0 aliphatic carbocycles. The van der Waals surface area contributed by atoms with Gasteiger partial charge in [-0.15, -0.1) is 6.58 Å². The van der Waals surface area contributed by atoms with Gasteiger partial charge in [0.1, 0.15) is 9.84 Å². The summed E-state index contributed by atoms with van der Waals surface area (Å²) in [6, 6.07) is 0. The molecule has 0 heterocycles. The van der Waals surface area contributed by atoms with E-state index in [0.29, 0.717) is 13.2 Å². The Kier molecular flexibility index (Phi) is 7.64. The molecule has 0 radical (unpaired) electrons. The Morgan fingerprint density at radius 2 is 2.13 bits per heavy atom. The van der Waals surface area contributed by atoms with E-state index in [-0.39, 0.29) is 18.5 Å². The molecule has 0 saturated heterocycles. The highest BCUT2D eigenvalue weighted by atomic mass is 32.2. The van der Waals surface area contributed by atoms with Gasteiger partial charge in [-0.1, -0.05) is 13.0 Å². The predicted molar refractivity (Wildman–Crippen MR) is 60.8 cm³/mol. The fraction of sp³-hybridized carbons (Fsp3) is 0.800. The first-order valence-corrected chi connectivity index (χ1v) is 7.03. The van der Waals surface area contributed by atoms with Gasteiger partial charge in [-0.05, 0) is 6.42 Å². The normalized spacial score (nSPS) is 13.7. The molecule has 0 aromatic heterocycles. The molecule has 0 fully saturated rings. The van der Waals surface area contributed by atoms with Gasteiger partial charge in [-0.25, -0.2) is 8.42 Å². The van der Waals surface area contributed by atoms with Crippen LogP contribution in [0.15, 0.2) is 12.7 Å². The van der Waals surface area contributed by atoms with Crippen LogP contribution in [0.25, 0.3) is 0 Å². The van der Waals surface area contributed by atoms with Crippen LogP contribution in [0.2, 0.25) is 0 Å². The van der Waals surface area contributed by atoms with E-state index in [1.165, 1.54) is 6.26 Å². The van der Waals surface area contributed by atoms with E-state index in [4.69, 9.17) is 9.47 Å². The van der Waals surface area contributed by atoms with Gasteiger partial charge in [0.15, 0.2) is 0 Å². The highest BCUT2D eigenvalue weighted by Gasteiger charge is 2.08. The standard InChI is InChI=1S/C10H20O4S/c1-4-6-13-9-10(5-2)14-7-8-15(3,11)12/h4,10H,1,5-9H2,2-3H3. The van der Waals surface area contributed by atoms with Gasteiger partial charge < -0.3 is 9.47 Å². The van der Waals surface area contributed by atoms with Crippen LogP contribution in [-0.2, 0) is 19.3 Å². The number of ether oxygens (including phenoxy) is 2. The van der Waals surface area contributed by atoms with Crippen molar-refractivity contribution in [1.29, 1.82) is 0 Å². The zero-order chi connectivity index (χ0) is 11.7. The lowest BCUT2D eigenvalue weighted by Gasteiger charge is -2.15. The number of sulfone groups is 1. The molecule has 0 amide bonds. The zero-order valence-electron chi connectivity index (χ0n) is 9.44. The summed E-state index contributed by atoms with van der Waals surface area (Å²) in [4.78, 5) is 0. The maximum absolute atomic E-state index is 10.8. The van der Waals surface area contributed by atoms with Crippen molar-refractivity contribution >= 4 is 9.84 Å². The monoisotopic (exact) mass is 236 g/mol. The van der Waals surface area contributed by atoms with Crippen molar-refractivity contribution in [3.63, 3.8) is 0 Å². The second-order valence-electron chi connectivity index (χ2n) is 3.36. The molecule has 1 unspecified atom stereocenters. The van der Waals surface area contributed by atoms with E-state index >= 15 is 0 Å². The molecular formula is C10H20O4S. The Balaban J connectivity index is 3.65. The third-order valence-corrected chi connectivity index (χ3v) is 2.71. The van der Waals surface area contributed by atoms with E-state index in [0.717, 1.165) is 6.42 Å². The molecular weight excluding hydrogens is 216 g/mol. The molecule has 90 valence electrons. The lowest BCUT2D eigenvalue weighted by molar-refractivity contribution is -0.00526. The minimum absolute atomic E-state index is 0.0355. The molecule has 0 N–H and O–H groups in total. The lowest BCUT2D eigenvalue weighted by Crippen LogP contribution is -2.22. The molecule has 1 atom stereocenters. The average molecular weight is 236 g/mol. The third-order valence-electron chi connectivity index (χ3n) is 1.80.